The molecule has 0 amide bonds. The number of nitrogens with two attached hydrogens (primary N) is 1. The second-order valence-electron chi connectivity index (χ2n) is 12.7. The number of para-hydroxylation sites is 1. The summed E-state index contributed by atoms with van der Waals surface area (Å²) < 4.78 is 0. The number of hydrogen-bond donors (Lipinski definition) is 1. The molecular formula is C45H38N2. The zero-order valence-electron chi connectivity index (χ0n) is 26.7. The first-order valence-corrected chi connectivity index (χ1v) is 16.7. The van der Waals surface area contributed by atoms with Gasteiger partial charge in [-0.2, -0.15) is 0 Å². The van der Waals surface area contributed by atoms with Crippen molar-refractivity contribution in [2.24, 2.45) is 5.73 Å². The summed E-state index contributed by atoms with van der Waals surface area (Å²) in [5, 5.41) is 5.46. The lowest BCUT2D eigenvalue weighted by Crippen LogP contribution is -2.27. The summed E-state index contributed by atoms with van der Waals surface area (Å²) in [6.07, 6.45) is 2.57. The normalized spacial score (nSPS) is 14.1. The molecule has 2 nitrogen and oxygen atoms in total. The molecule has 0 heterocycles. The highest BCUT2D eigenvalue weighted by Crippen LogP contribution is 2.49. The average molecular weight is 607 g/mol. The standard InChI is InChI=1S/C45H38N2/c1-31(47(37-19-9-4-10-20-37)45(36-17-7-3-8-18-36)44(46)35-15-5-2-6-16-35)32-25-27-33(28-26-32)42-38-21-11-13-23-40(38)43(34-29-30-34)41-24-14-12-22-39(41)42/h2-28,31,34H,29-30,46H2,1H3/b45-44-. The van der Waals surface area contributed by atoms with Crippen molar-refractivity contribution in [1.82, 2.24) is 0 Å². The third-order valence-electron chi connectivity index (χ3n) is 9.69. The highest BCUT2D eigenvalue weighted by Gasteiger charge is 2.29. The molecule has 2 N–H and O–H groups in total. The quantitative estimate of drug-likeness (QED) is 0.138. The van der Waals surface area contributed by atoms with Crippen LogP contribution in [0.2, 0.25) is 0 Å². The van der Waals surface area contributed by atoms with Gasteiger partial charge in [-0.1, -0.05) is 152 Å². The van der Waals surface area contributed by atoms with Gasteiger partial charge in [-0.05, 0) is 87.2 Å². The predicted octanol–water partition coefficient (Wildman–Crippen LogP) is 11.6. The van der Waals surface area contributed by atoms with Crippen molar-refractivity contribution in [3.05, 3.63) is 186 Å². The number of fused-ring (bicyclic) bond motifs is 2. The molecule has 1 atom stereocenters. The topological polar surface area (TPSA) is 29.3 Å². The Hall–Kier alpha value is -5.60. The van der Waals surface area contributed by atoms with Crippen LogP contribution < -0.4 is 10.6 Å². The Morgan fingerprint density at radius 1 is 0.553 bits per heavy atom. The van der Waals surface area contributed by atoms with Crippen LogP contribution in [-0.4, -0.2) is 0 Å². The van der Waals surface area contributed by atoms with E-state index in [0.717, 1.165) is 28.2 Å². The maximum atomic E-state index is 7.11. The summed E-state index contributed by atoms with van der Waals surface area (Å²) in [7, 11) is 0. The van der Waals surface area contributed by atoms with Gasteiger partial charge in [-0.25, -0.2) is 0 Å². The first kappa shape index (κ1) is 28.8. The van der Waals surface area contributed by atoms with Crippen molar-refractivity contribution < 1.29 is 0 Å². The molecule has 1 aliphatic carbocycles. The molecule has 1 saturated carbocycles. The van der Waals surface area contributed by atoms with Gasteiger partial charge < -0.3 is 10.6 Å². The van der Waals surface area contributed by atoms with E-state index < -0.39 is 0 Å². The summed E-state index contributed by atoms with van der Waals surface area (Å²) in [6, 6.07) is 58.6. The molecule has 7 aromatic carbocycles. The number of rotatable bonds is 8. The van der Waals surface area contributed by atoms with Crippen LogP contribution in [0, 0.1) is 0 Å². The summed E-state index contributed by atoms with van der Waals surface area (Å²) in [6.45, 7) is 2.28. The van der Waals surface area contributed by atoms with Gasteiger partial charge >= 0.3 is 0 Å². The van der Waals surface area contributed by atoms with E-state index in [1.807, 2.05) is 18.2 Å². The SMILES string of the molecule is CC(c1ccc(-c2c3ccccc3c(C3CC3)c3ccccc23)cc1)N(/C(=C(\N)c1ccccc1)c1ccccc1)c1ccccc1. The minimum atomic E-state index is -0.00495. The second-order valence-corrected chi connectivity index (χ2v) is 12.7. The smallest absolute Gasteiger partial charge is 0.0729 e. The fourth-order valence-corrected chi connectivity index (χ4v) is 7.27. The molecule has 0 bridgehead atoms. The molecule has 0 aliphatic heterocycles. The van der Waals surface area contributed by atoms with Crippen LogP contribution >= 0.6 is 0 Å². The number of hydrogen-bond acceptors (Lipinski definition) is 2. The highest BCUT2D eigenvalue weighted by atomic mass is 15.2. The third-order valence-corrected chi connectivity index (χ3v) is 9.69. The van der Waals surface area contributed by atoms with Gasteiger partial charge in [0.1, 0.15) is 0 Å². The first-order chi connectivity index (χ1) is 23.2. The zero-order chi connectivity index (χ0) is 31.7. The molecule has 0 saturated heterocycles. The third kappa shape index (κ3) is 5.36. The van der Waals surface area contributed by atoms with Crippen molar-refractivity contribution in [2.45, 2.75) is 31.7 Å². The van der Waals surface area contributed by atoms with Crippen LogP contribution in [0.5, 0.6) is 0 Å². The van der Waals surface area contributed by atoms with Crippen molar-refractivity contribution in [1.29, 1.82) is 0 Å². The summed E-state index contributed by atoms with van der Waals surface area (Å²) in [4.78, 5) is 2.39. The van der Waals surface area contributed by atoms with E-state index in [2.05, 4.69) is 157 Å². The summed E-state index contributed by atoms with van der Waals surface area (Å²) in [5.41, 5.74) is 17.3. The molecule has 1 unspecified atom stereocenters. The van der Waals surface area contributed by atoms with E-state index in [4.69, 9.17) is 5.73 Å². The van der Waals surface area contributed by atoms with Crippen LogP contribution in [-0.2, 0) is 0 Å². The largest absolute Gasteiger partial charge is 0.397 e. The van der Waals surface area contributed by atoms with Crippen LogP contribution in [0.15, 0.2) is 164 Å². The summed E-state index contributed by atoms with van der Waals surface area (Å²) in [5.74, 6) is 0.668. The van der Waals surface area contributed by atoms with E-state index in [0.29, 0.717) is 5.92 Å². The molecular weight excluding hydrogens is 569 g/mol. The molecule has 8 rings (SSSR count). The molecule has 0 radical (unpaired) electrons. The predicted molar refractivity (Wildman–Crippen MR) is 200 cm³/mol. The molecule has 1 aliphatic rings. The van der Waals surface area contributed by atoms with Crippen molar-refractivity contribution in [3.8, 4) is 11.1 Å². The van der Waals surface area contributed by atoms with Gasteiger partial charge in [-0.15, -0.1) is 0 Å². The maximum absolute atomic E-state index is 7.11. The van der Waals surface area contributed by atoms with Gasteiger partial charge in [0.25, 0.3) is 0 Å². The zero-order valence-corrected chi connectivity index (χ0v) is 26.7. The Morgan fingerprint density at radius 2 is 1.02 bits per heavy atom. The Labute approximate surface area is 277 Å². The van der Waals surface area contributed by atoms with Crippen molar-refractivity contribution >= 4 is 38.6 Å². The Morgan fingerprint density at radius 3 is 1.55 bits per heavy atom. The van der Waals surface area contributed by atoms with Crippen LogP contribution in [0.3, 0.4) is 0 Å². The van der Waals surface area contributed by atoms with Crippen molar-refractivity contribution in [2.75, 3.05) is 4.90 Å². The molecule has 0 aromatic heterocycles. The second kappa shape index (κ2) is 12.3. The number of nitrogens with zero attached hydrogens (tertiary/aromatic N) is 1. The Balaban J connectivity index is 1.27. The van der Waals surface area contributed by atoms with E-state index in [1.165, 1.54) is 56.6 Å². The van der Waals surface area contributed by atoms with E-state index in [-0.39, 0.29) is 6.04 Å². The minimum absolute atomic E-state index is 0.00495. The van der Waals surface area contributed by atoms with Crippen LogP contribution in [0.4, 0.5) is 5.69 Å². The van der Waals surface area contributed by atoms with Gasteiger partial charge in [-0.3, -0.25) is 0 Å². The maximum Gasteiger partial charge on any atom is 0.0729 e. The molecule has 47 heavy (non-hydrogen) atoms. The molecule has 0 spiro atoms. The fraction of sp³-hybridized carbons (Fsp3) is 0.111. The minimum Gasteiger partial charge on any atom is -0.397 e. The number of benzene rings is 7. The Kier molecular flexibility index (Phi) is 7.55. The Bertz CT molecular complexity index is 2140. The summed E-state index contributed by atoms with van der Waals surface area (Å²) >= 11 is 0. The molecule has 1 fully saturated rings. The molecule has 2 heteroatoms. The van der Waals surface area contributed by atoms with Gasteiger partial charge in [0.2, 0.25) is 0 Å². The van der Waals surface area contributed by atoms with Gasteiger partial charge in [0.15, 0.2) is 0 Å². The van der Waals surface area contributed by atoms with E-state index in [9.17, 15) is 0 Å². The van der Waals surface area contributed by atoms with E-state index >= 15 is 0 Å². The molecule has 7 aromatic rings. The fourth-order valence-electron chi connectivity index (χ4n) is 7.27. The first-order valence-electron chi connectivity index (χ1n) is 16.7. The number of anilines is 1. The highest BCUT2D eigenvalue weighted by molar-refractivity contribution is 6.15. The lowest BCUT2D eigenvalue weighted by Gasteiger charge is -2.35. The monoisotopic (exact) mass is 606 g/mol. The lowest BCUT2D eigenvalue weighted by atomic mass is 9.86. The lowest BCUT2D eigenvalue weighted by molar-refractivity contribution is 0.779. The average Bonchev–Trinajstić information content (AvgIpc) is 3.99. The van der Waals surface area contributed by atoms with E-state index in [1.54, 1.807) is 0 Å². The van der Waals surface area contributed by atoms with Crippen LogP contribution in [0.25, 0.3) is 44.1 Å². The van der Waals surface area contributed by atoms with Gasteiger partial charge in [0, 0.05) is 11.3 Å². The molecule has 228 valence electrons. The van der Waals surface area contributed by atoms with Crippen LogP contribution in [0.1, 0.15) is 54.0 Å². The van der Waals surface area contributed by atoms with Gasteiger partial charge in [0.05, 0.1) is 17.4 Å². The van der Waals surface area contributed by atoms with Crippen molar-refractivity contribution in [3.63, 3.8) is 0 Å².